The largest absolute Gasteiger partial charge is 0.465 e. The molecule has 2 saturated heterocycles. The molecular weight excluding hydrogens is 292 g/mol. The Morgan fingerprint density at radius 2 is 2.09 bits per heavy atom. The van der Waals surface area contributed by atoms with E-state index < -0.39 is 0 Å². The van der Waals surface area contributed by atoms with Crippen LogP contribution in [0.2, 0.25) is 0 Å². The number of nitrogens with zero attached hydrogens (tertiary/aromatic N) is 2. The maximum absolute atomic E-state index is 5.97. The van der Waals surface area contributed by atoms with E-state index in [1.807, 2.05) is 6.92 Å². The predicted octanol–water partition coefficient (Wildman–Crippen LogP) is 2.15. The molecular formula is C18H30N2O3. The molecule has 2 aliphatic heterocycles. The van der Waals surface area contributed by atoms with Crippen molar-refractivity contribution in [3.63, 3.8) is 0 Å². The molecule has 1 aromatic rings. The van der Waals surface area contributed by atoms with Crippen molar-refractivity contribution in [3.05, 3.63) is 23.7 Å². The number of likely N-dealkylation sites (tertiary alicyclic amines) is 1. The molecule has 5 nitrogen and oxygen atoms in total. The smallest absolute Gasteiger partial charge is 0.118 e. The van der Waals surface area contributed by atoms with Gasteiger partial charge in [-0.25, -0.2) is 0 Å². The van der Waals surface area contributed by atoms with Crippen molar-refractivity contribution in [2.24, 2.45) is 5.41 Å². The Labute approximate surface area is 139 Å². The number of ether oxygens (including phenoxy) is 2. The lowest BCUT2D eigenvalue weighted by Gasteiger charge is -2.43. The first-order valence-electron chi connectivity index (χ1n) is 8.76. The third kappa shape index (κ3) is 4.57. The number of rotatable bonds is 5. The van der Waals surface area contributed by atoms with Gasteiger partial charge in [-0.2, -0.15) is 0 Å². The number of hydrogen-bond acceptors (Lipinski definition) is 5. The van der Waals surface area contributed by atoms with E-state index in [1.54, 1.807) is 7.11 Å². The van der Waals surface area contributed by atoms with Gasteiger partial charge in [0, 0.05) is 38.7 Å². The standard InChI is InChI=1S/C18H30N2O3/c1-16-4-5-17(23-16)12-20-7-3-6-18(14-20)13-19(8-10-21-2)9-11-22-15-18/h4-5H,3,6-15H2,1-2H3/t18-/m0/s1. The summed E-state index contributed by atoms with van der Waals surface area (Å²) in [7, 11) is 1.78. The summed E-state index contributed by atoms with van der Waals surface area (Å²) >= 11 is 0. The Kier molecular flexibility index (Phi) is 5.75. The summed E-state index contributed by atoms with van der Waals surface area (Å²) in [6.45, 7) is 10.8. The van der Waals surface area contributed by atoms with Crippen molar-refractivity contribution in [1.29, 1.82) is 0 Å². The van der Waals surface area contributed by atoms with Crippen LogP contribution in [0.15, 0.2) is 16.5 Å². The minimum atomic E-state index is 0.254. The Morgan fingerprint density at radius 3 is 2.87 bits per heavy atom. The molecule has 3 heterocycles. The van der Waals surface area contributed by atoms with Gasteiger partial charge in [0.1, 0.15) is 11.5 Å². The van der Waals surface area contributed by atoms with Gasteiger partial charge >= 0.3 is 0 Å². The number of hydrogen-bond donors (Lipinski definition) is 0. The molecule has 1 spiro atoms. The molecule has 23 heavy (non-hydrogen) atoms. The molecule has 0 aromatic carbocycles. The highest BCUT2D eigenvalue weighted by Gasteiger charge is 2.38. The normalized spacial score (nSPS) is 27.4. The van der Waals surface area contributed by atoms with E-state index in [0.717, 1.165) is 70.6 Å². The number of piperidine rings is 1. The van der Waals surface area contributed by atoms with Crippen LogP contribution < -0.4 is 0 Å². The number of methoxy groups -OCH3 is 1. The zero-order valence-corrected chi connectivity index (χ0v) is 14.6. The molecule has 0 amide bonds. The van der Waals surface area contributed by atoms with E-state index >= 15 is 0 Å². The van der Waals surface area contributed by atoms with Crippen molar-refractivity contribution in [1.82, 2.24) is 9.80 Å². The molecule has 5 heteroatoms. The average molecular weight is 322 g/mol. The van der Waals surface area contributed by atoms with Gasteiger partial charge in [0.15, 0.2) is 0 Å². The van der Waals surface area contributed by atoms with Gasteiger partial charge in [-0.1, -0.05) is 0 Å². The van der Waals surface area contributed by atoms with Crippen LogP contribution in [0.1, 0.15) is 24.4 Å². The summed E-state index contributed by atoms with van der Waals surface area (Å²) in [6, 6.07) is 4.15. The summed E-state index contributed by atoms with van der Waals surface area (Å²) in [5.41, 5.74) is 0.254. The molecule has 0 radical (unpaired) electrons. The maximum atomic E-state index is 5.97. The van der Waals surface area contributed by atoms with Crippen LogP contribution in [0.4, 0.5) is 0 Å². The highest BCUT2D eigenvalue weighted by atomic mass is 16.5. The van der Waals surface area contributed by atoms with Crippen LogP contribution in [0.25, 0.3) is 0 Å². The molecule has 2 aliphatic rings. The zero-order valence-electron chi connectivity index (χ0n) is 14.6. The molecule has 130 valence electrons. The first-order valence-corrected chi connectivity index (χ1v) is 8.76. The van der Waals surface area contributed by atoms with E-state index in [-0.39, 0.29) is 5.41 Å². The molecule has 1 aromatic heterocycles. The molecule has 0 aliphatic carbocycles. The van der Waals surface area contributed by atoms with Gasteiger partial charge < -0.3 is 13.9 Å². The van der Waals surface area contributed by atoms with Gasteiger partial charge in [-0.05, 0) is 38.4 Å². The first kappa shape index (κ1) is 17.0. The highest BCUT2D eigenvalue weighted by molar-refractivity contribution is 5.06. The van der Waals surface area contributed by atoms with Crippen molar-refractivity contribution in [2.45, 2.75) is 26.3 Å². The minimum absolute atomic E-state index is 0.254. The minimum Gasteiger partial charge on any atom is -0.465 e. The SMILES string of the molecule is COCCN1CCOC[C@@]2(CCCN(Cc3ccc(C)o3)C2)C1. The van der Waals surface area contributed by atoms with Gasteiger partial charge in [-0.15, -0.1) is 0 Å². The van der Waals surface area contributed by atoms with Gasteiger partial charge in [0.25, 0.3) is 0 Å². The number of aryl methyl sites for hydroxylation is 1. The molecule has 0 saturated carbocycles. The van der Waals surface area contributed by atoms with E-state index in [1.165, 1.54) is 12.8 Å². The van der Waals surface area contributed by atoms with Gasteiger partial charge in [0.2, 0.25) is 0 Å². The Hall–Kier alpha value is -0.880. The van der Waals surface area contributed by atoms with Crippen molar-refractivity contribution in [3.8, 4) is 0 Å². The second-order valence-corrected chi connectivity index (χ2v) is 7.15. The summed E-state index contributed by atoms with van der Waals surface area (Å²) in [5, 5.41) is 0. The molecule has 1 atom stereocenters. The van der Waals surface area contributed by atoms with Crippen LogP contribution in [-0.4, -0.2) is 69.5 Å². The third-order valence-corrected chi connectivity index (χ3v) is 5.05. The van der Waals surface area contributed by atoms with E-state index in [9.17, 15) is 0 Å². The van der Waals surface area contributed by atoms with Gasteiger partial charge in [-0.3, -0.25) is 9.80 Å². The van der Waals surface area contributed by atoms with E-state index in [4.69, 9.17) is 13.9 Å². The fourth-order valence-corrected chi connectivity index (χ4v) is 3.98. The van der Waals surface area contributed by atoms with Crippen molar-refractivity contribution >= 4 is 0 Å². The lowest BCUT2D eigenvalue weighted by atomic mass is 9.80. The van der Waals surface area contributed by atoms with E-state index in [0.29, 0.717) is 0 Å². The quantitative estimate of drug-likeness (QED) is 0.830. The summed E-state index contributed by atoms with van der Waals surface area (Å²) in [4.78, 5) is 5.04. The van der Waals surface area contributed by atoms with Gasteiger partial charge in [0.05, 0.1) is 26.4 Å². The average Bonchev–Trinajstić information content (AvgIpc) is 2.84. The topological polar surface area (TPSA) is 38.1 Å². The van der Waals surface area contributed by atoms with E-state index in [2.05, 4.69) is 21.9 Å². The number of furan rings is 1. The lowest BCUT2D eigenvalue weighted by molar-refractivity contribution is -0.000237. The second-order valence-electron chi connectivity index (χ2n) is 7.15. The third-order valence-electron chi connectivity index (χ3n) is 5.05. The molecule has 0 unspecified atom stereocenters. The Morgan fingerprint density at radius 1 is 1.22 bits per heavy atom. The van der Waals surface area contributed by atoms with Crippen LogP contribution in [0.3, 0.4) is 0 Å². The summed E-state index contributed by atoms with van der Waals surface area (Å²) in [6.07, 6.45) is 2.49. The lowest BCUT2D eigenvalue weighted by Crippen LogP contribution is -2.50. The van der Waals surface area contributed by atoms with Crippen LogP contribution in [-0.2, 0) is 16.0 Å². The summed E-state index contributed by atoms with van der Waals surface area (Å²) < 4.78 is 17.0. The van der Waals surface area contributed by atoms with Crippen LogP contribution in [0.5, 0.6) is 0 Å². The monoisotopic (exact) mass is 322 g/mol. The van der Waals surface area contributed by atoms with Crippen LogP contribution in [0, 0.1) is 12.3 Å². The second kappa shape index (κ2) is 7.79. The molecule has 3 rings (SSSR count). The van der Waals surface area contributed by atoms with Crippen LogP contribution >= 0.6 is 0 Å². The van der Waals surface area contributed by atoms with Crippen molar-refractivity contribution < 1.29 is 13.9 Å². The first-order chi connectivity index (χ1) is 11.2. The summed E-state index contributed by atoms with van der Waals surface area (Å²) in [5.74, 6) is 2.07. The Balaban J connectivity index is 1.62. The molecule has 0 N–H and O–H groups in total. The zero-order chi connectivity index (χ0) is 16.1. The highest BCUT2D eigenvalue weighted by Crippen LogP contribution is 2.33. The molecule has 2 fully saturated rings. The fourth-order valence-electron chi connectivity index (χ4n) is 3.98. The molecule has 0 bridgehead atoms. The predicted molar refractivity (Wildman–Crippen MR) is 89.5 cm³/mol. The fraction of sp³-hybridized carbons (Fsp3) is 0.778. The maximum Gasteiger partial charge on any atom is 0.118 e. The van der Waals surface area contributed by atoms with Crippen molar-refractivity contribution in [2.75, 3.05) is 59.7 Å². The Bertz CT molecular complexity index is 490.